The largest absolute Gasteiger partial charge is 0.550 e. The first-order valence-electron chi connectivity index (χ1n) is 30.8. The number of unbranched alkanes of at least 4 members (excludes halogenated alkanes) is 1. The second-order valence-electron chi connectivity index (χ2n) is 23.2. The van der Waals surface area contributed by atoms with Gasteiger partial charge in [-0.05, 0) is 99.6 Å². The Labute approximate surface area is 538 Å². The standard InChI is InChI=1S/C63H89N15O15/c1-6-7-17-44(72-55(85)42(64)32-39-33-69-43-18-12-11-16-41(39)43)57(87)74-47(25-27-52(81)82)56(86)71-35(4)53(83)70-36(5)54(84)76-48(31-38-20-22-40(79)23-21-38)60(90)75-46(24-26-51(65)80)59(89)73-45(19-13-28-68-63(66)67)58(88)77-49(30-37-14-9-8-10-15-37)61(91)78-50(62(92)93)29-34(2)3/h8-12,14-16,18,20-23,33-36,42,44-50,69,79H,6-7,13,17,19,24-32,64H2,1-5H3,(H2,65,80)(H,70,83)(H,71,86)(H,72,85)(H,73,89)(H,74,87)(H,75,90)(H,76,84)(H,77,88)(H,78,91)(H,81,82)(H,92,93)(H4,66,67,68)/t35-,36-,42-,44-,45-,46-,47-,48-,49-,50-/m0/s1. The number of phenolic OH excluding ortho intramolecular Hbond substituents is 1. The molecule has 10 atom stereocenters. The number of H-pyrrole nitrogens is 1. The van der Waals surface area contributed by atoms with E-state index in [1.807, 2.05) is 31.2 Å². The number of hydrogen-bond acceptors (Lipinski definition) is 15. The van der Waals surface area contributed by atoms with Gasteiger partial charge in [-0.2, -0.15) is 0 Å². The Balaban J connectivity index is 1.53. The lowest BCUT2D eigenvalue weighted by molar-refractivity contribution is -0.459. The lowest BCUT2D eigenvalue weighted by Crippen LogP contribution is -2.78. The Morgan fingerprint density at radius 3 is 1.48 bits per heavy atom. The number of aromatic nitrogens is 1. The molecule has 10 amide bonds. The summed E-state index contributed by atoms with van der Waals surface area (Å²) in [5.41, 5.74) is 23.3. The number of benzene rings is 3. The number of carboxylic acids is 2. The van der Waals surface area contributed by atoms with E-state index in [1.54, 1.807) is 50.4 Å². The number of para-hydroxylation sites is 1. The number of carboxylic acid groups (broad SMARTS) is 2. The second kappa shape index (κ2) is 37.9. The van der Waals surface area contributed by atoms with E-state index in [0.717, 1.165) is 16.5 Å². The van der Waals surface area contributed by atoms with Crippen LogP contribution in [-0.2, 0) is 76.8 Å². The van der Waals surface area contributed by atoms with Crippen LogP contribution in [0.5, 0.6) is 5.75 Å². The van der Waals surface area contributed by atoms with Gasteiger partial charge in [0.25, 0.3) is 5.91 Å². The van der Waals surface area contributed by atoms with E-state index in [0.29, 0.717) is 24.0 Å². The SMILES string of the molecule is CCCC[C@H](NC(=O)[C@@H]([NH3+])Cc1c[nH]c2ccccc12)C(=O)N[C@@H](CCC(=O)[O-])C(=O)N[C@@H](C)C(=O)N[C@@H](C)C(=O)N[C@@H](Cc1ccc(O)cc1)C(=O)N[C@@H](CCC(N)=O)C(=O)N[C@@H](CCC[NH+]=C(N)N)C(=O)N[C@@H](Cc1ccccc1)C(=O)N[C@@H](CC(C)C)C(=O)[O-]. The first-order chi connectivity index (χ1) is 44.0. The molecule has 0 unspecified atom stereocenters. The average Bonchev–Trinajstić information content (AvgIpc) is 1.86. The number of guanidine groups is 1. The highest BCUT2D eigenvalue weighted by Crippen LogP contribution is 2.19. The van der Waals surface area contributed by atoms with Crippen molar-refractivity contribution in [3.8, 4) is 5.75 Å². The summed E-state index contributed by atoms with van der Waals surface area (Å²) in [5, 5.41) is 57.4. The summed E-state index contributed by atoms with van der Waals surface area (Å²) >= 11 is 0. The number of amides is 10. The predicted molar refractivity (Wildman–Crippen MR) is 334 cm³/mol. The third-order valence-electron chi connectivity index (χ3n) is 14.9. The Morgan fingerprint density at radius 2 is 0.957 bits per heavy atom. The van der Waals surface area contributed by atoms with Crippen molar-refractivity contribution >= 4 is 87.9 Å². The van der Waals surface area contributed by atoms with Gasteiger partial charge in [0.2, 0.25) is 53.2 Å². The number of nitrogens with one attached hydrogen (secondary N) is 11. The molecule has 4 rings (SSSR count). The molecule has 0 saturated carbocycles. The number of carbonyl (C=O) groups excluding carboxylic acids is 12. The minimum absolute atomic E-state index is 0.00366. The summed E-state index contributed by atoms with van der Waals surface area (Å²) in [6, 6.07) is 7.37. The van der Waals surface area contributed by atoms with Crippen molar-refractivity contribution in [2.24, 2.45) is 23.1 Å². The summed E-state index contributed by atoms with van der Waals surface area (Å²) in [4.78, 5) is 168. The zero-order chi connectivity index (χ0) is 68.9. The van der Waals surface area contributed by atoms with Gasteiger partial charge in [-0.1, -0.05) is 94.3 Å². The van der Waals surface area contributed by atoms with E-state index in [-0.39, 0.29) is 69.1 Å². The highest BCUT2D eigenvalue weighted by molar-refractivity contribution is 5.99. The quantitative estimate of drug-likeness (QED) is 0.0112. The van der Waals surface area contributed by atoms with Gasteiger partial charge < -0.3 is 89.2 Å². The smallest absolute Gasteiger partial charge is 0.338 e. The topological polar surface area (TPSA) is 515 Å². The molecule has 0 saturated heterocycles. The van der Waals surface area contributed by atoms with E-state index in [2.05, 4.69) is 63.6 Å². The summed E-state index contributed by atoms with van der Waals surface area (Å²) in [7, 11) is 0. The fourth-order valence-corrected chi connectivity index (χ4v) is 9.78. The van der Waals surface area contributed by atoms with Crippen molar-refractivity contribution in [2.45, 2.75) is 179 Å². The van der Waals surface area contributed by atoms with Crippen LogP contribution in [0.25, 0.3) is 10.9 Å². The highest BCUT2D eigenvalue weighted by Gasteiger charge is 2.35. The maximum absolute atomic E-state index is 14.5. The first-order valence-corrected chi connectivity index (χ1v) is 30.8. The molecule has 3 aromatic carbocycles. The van der Waals surface area contributed by atoms with Crippen molar-refractivity contribution < 1.29 is 83.6 Å². The number of primary amides is 1. The van der Waals surface area contributed by atoms with Gasteiger partial charge in [0.1, 0.15) is 54.1 Å². The van der Waals surface area contributed by atoms with Crippen molar-refractivity contribution in [2.75, 3.05) is 6.54 Å². The summed E-state index contributed by atoms with van der Waals surface area (Å²) in [6.07, 6.45) is 0.657. The number of aromatic hydroxyl groups is 1. The maximum atomic E-state index is 14.5. The highest BCUT2D eigenvalue weighted by atomic mass is 16.4. The molecule has 0 radical (unpaired) electrons. The molecule has 506 valence electrons. The van der Waals surface area contributed by atoms with Crippen LogP contribution in [0.1, 0.15) is 116 Å². The van der Waals surface area contributed by atoms with Crippen molar-refractivity contribution in [1.29, 1.82) is 0 Å². The third-order valence-corrected chi connectivity index (χ3v) is 14.9. The maximum Gasteiger partial charge on any atom is 0.338 e. The van der Waals surface area contributed by atoms with E-state index in [4.69, 9.17) is 17.2 Å². The van der Waals surface area contributed by atoms with E-state index in [1.165, 1.54) is 38.1 Å². The Hall–Kier alpha value is -10.1. The summed E-state index contributed by atoms with van der Waals surface area (Å²) in [5.74, 6) is -12.6. The Morgan fingerprint density at radius 1 is 0.516 bits per heavy atom. The molecule has 21 N–H and O–H groups in total. The minimum atomic E-state index is -1.65. The van der Waals surface area contributed by atoms with Crippen molar-refractivity contribution in [3.05, 3.63) is 102 Å². The average molecular weight is 1300 g/mol. The number of quaternary nitrogens is 1. The molecular weight excluding hydrogens is 1210 g/mol. The fraction of sp³-hybridized carbons (Fsp3) is 0.476. The first kappa shape index (κ1) is 75.3. The van der Waals surface area contributed by atoms with Crippen LogP contribution in [0.2, 0.25) is 0 Å². The monoisotopic (exact) mass is 1300 g/mol. The number of carbonyl (C=O) groups is 12. The summed E-state index contributed by atoms with van der Waals surface area (Å²) in [6.45, 7) is 7.92. The number of phenols is 1. The number of fused-ring (bicyclic) bond motifs is 1. The molecule has 1 aromatic heterocycles. The molecular formula is C63H89N15O15. The van der Waals surface area contributed by atoms with Crippen LogP contribution < -0.4 is 86.0 Å². The lowest BCUT2D eigenvalue weighted by atomic mass is 10.0. The molecule has 0 aliphatic carbocycles. The van der Waals surface area contributed by atoms with Crippen molar-refractivity contribution in [1.82, 2.24) is 52.8 Å². The number of nitrogens with two attached hydrogens (primary N) is 3. The molecule has 4 aromatic rings. The molecule has 0 aliphatic heterocycles. The van der Waals surface area contributed by atoms with Crippen LogP contribution in [0.15, 0.2) is 85.1 Å². The predicted octanol–water partition coefficient (Wildman–Crippen LogP) is -6.17. The van der Waals surface area contributed by atoms with E-state index in [9.17, 15) is 72.9 Å². The second-order valence-corrected chi connectivity index (χ2v) is 23.2. The van der Waals surface area contributed by atoms with E-state index >= 15 is 0 Å². The molecule has 93 heavy (non-hydrogen) atoms. The Kier molecular flexibility index (Phi) is 30.7. The fourth-order valence-electron chi connectivity index (χ4n) is 9.78. The molecule has 0 spiro atoms. The molecule has 0 fully saturated rings. The van der Waals surface area contributed by atoms with Gasteiger partial charge in [0.05, 0.1) is 18.6 Å². The molecule has 0 bridgehead atoms. The number of aromatic amines is 1. The summed E-state index contributed by atoms with van der Waals surface area (Å²) < 4.78 is 0. The van der Waals surface area contributed by atoms with Crippen LogP contribution in [0.4, 0.5) is 0 Å². The van der Waals surface area contributed by atoms with Gasteiger partial charge in [-0.15, -0.1) is 0 Å². The molecule has 1 heterocycles. The number of rotatable bonds is 40. The van der Waals surface area contributed by atoms with Gasteiger partial charge in [0, 0.05) is 48.8 Å². The van der Waals surface area contributed by atoms with Crippen LogP contribution in [0, 0.1) is 5.92 Å². The van der Waals surface area contributed by atoms with E-state index < -0.39 is 157 Å². The minimum Gasteiger partial charge on any atom is -0.550 e. The normalized spacial score (nSPS) is 14.3. The number of aliphatic carboxylic acids is 2. The zero-order valence-electron chi connectivity index (χ0n) is 52.9. The van der Waals surface area contributed by atoms with Gasteiger partial charge >= 0.3 is 5.96 Å². The van der Waals surface area contributed by atoms with Crippen LogP contribution >= 0.6 is 0 Å². The number of hydrogen-bond donors (Lipinski definition) is 16. The van der Waals surface area contributed by atoms with Gasteiger partial charge in [-0.25, -0.2) is 0 Å². The zero-order valence-corrected chi connectivity index (χ0v) is 52.9. The molecule has 0 aliphatic rings. The lowest BCUT2D eigenvalue weighted by Gasteiger charge is -2.28. The molecule has 30 nitrogen and oxygen atoms in total. The van der Waals surface area contributed by atoms with Gasteiger partial charge in [0.15, 0.2) is 6.04 Å². The van der Waals surface area contributed by atoms with Crippen LogP contribution in [-0.4, -0.2) is 154 Å². The third kappa shape index (κ3) is 26.3. The van der Waals surface area contributed by atoms with Gasteiger partial charge in [-0.3, -0.25) is 64.4 Å². The van der Waals surface area contributed by atoms with Crippen LogP contribution in [0.3, 0.4) is 0 Å². The Bertz CT molecular complexity index is 3250. The van der Waals surface area contributed by atoms with Crippen molar-refractivity contribution in [3.63, 3.8) is 0 Å². The molecule has 30 heteroatoms.